The van der Waals surface area contributed by atoms with E-state index in [4.69, 9.17) is 0 Å². The summed E-state index contributed by atoms with van der Waals surface area (Å²) in [6.45, 7) is 0. The molecule has 4 aromatic rings. The van der Waals surface area contributed by atoms with E-state index in [-0.39, 0.29) is 11.7 Å². The molecule has 0 radical (unpaired) electrons. The molecule has 0 aliphatic carbocycles. The standard InChI is InChI=1S/C19H13F2N3OS3/c20-12-6-5-11(7-13(12)21)15-8-27-19(23-15)24-17(25)9-26-10-18-22-14-3-1-2-4-16(14)28-18/h1-8H,9-10H2,(H,23,24,25). The highest BCUT2D eigenvalue weighted by Crippen LogP contribution is 2.27. The number of anilines is 1. The van der Waals surface area contributed by atoms with Crippen LogP contribution in [0.1, 0.15) is 5.01 Å². The predicted octanol–water partition coefficient (Wildman–Crippen LogP) is 5.57. The molecule has 0 bridgehead atoms. The van der Waals surface area contributed by atoms with Gasteiger partial charge in [-0.3, -0.25) is 4.79 Å². The van der Waals surface area contributed by atoms with Crippen LogP contribution in [0, 0.1) is 11.6 Å². The van der Waals surface area contributed by atoms with Gasteiger partial charge in [-0.1, -0.05) is 12.1 Å². The molecule has 9 heteroatoms. The number of hydrogen-bond acceptors (Lipinski definition) is 6. The average Bonchev–Trinajstić information content (AvgIpc) is 3.30. The number of halogens is 2. The molecule has 0 atom stereocenters. The Bertz CT molecular complexity index is 1110. The lowest BCUT2D eigenvalue weighted by atomic mass is 10.2. The number of para-hydroxylation sites is 1. The van der Waals surface area contributed by atoms with Crippen molar-refractivity contribution >= 4 is 55.7 Å². The topological polar surface area (TPSA) is 54.9 Å². The van der Waals surface area contributed by atoms with Gasteiger partial charge in [0.25, 0.3) is 0 Å². The van der Waals surface area contributed by atoms with Crippen molar-refractivity contribution in [3.05, 3.63) is 64.5 Å². The van der Waals surface area contributed by atoms with Crippen LogP contribution in [0.15, 0.2) is 47.8 Å². The maximum Gasteiger partial charge on any atom is 0.236 e. The molecule has 2 aromatic heterocycles. The molecular formula is C19H13F2N3OS3. The Labute approximate surface area is 171 Å². The molecule has 1 N–H and O–H groups in total. The number of carbonyl (C=O) groups excluding carboxylic acids is 1. The van der Waals surface area contributed by atoms with Crippen LogP contribution in [0.4, 0.5) is 13.9 Å². The molecular weight excluding hydrogens is 420 g/mol. The highest BCUT2D eigenvalue weighted by molar-refractivity contribution is 7.99. The van der Waals surface area contributed by atoms with Crippen molar-refractivity contribution in [2.75, 3.05) is 11.1 Å². The van der Waals surface area contributed by atoms with Gasteiger partial charge in [-0.2, -0.15) is 0 Å². The van der Waals surface area contributed by atoms with Gasteiger partial charge in [0.1, 0.15) is 5.01 Å². The number of nitrogens with one attached hydrogen (secondary N) is 1. The molecule has 28 heavy (non-hydrogen) atoms. The number of rotatable bonds is 6. The molecule has 2 aromatic carbocycles. The summed E-state index contributed by atoms with van der Waals surface area (Å²) in [7, 11) is 0. The van der Waals surface area contributed by atoms with Gasteiger partial charge in [0.05, 0.1) is 21.7 Å². The first-order chi connectivity index (χ1) is 13.6. The summed E-state index contributed by atoms with van der Waals surface area (Å²) in [5, 5.41) is 5.83. The Hall–Kier alpha value is -2.36. The van der Waals surface area contributed by atoms with Crippen molar-refractivity contribution in [2.45, 2.75) is 5.75 Å². The van der Waals surface area contributed by atoms with E-state index >= 15 is 0 Å². The number of thiazole rings is 2. The second-order valence-electron chi connectivity index (χ2n) is 5.78. The van der Waals surface area contributed by atoms with E-state index in [1.807, 2.05) is 24.3 Å². The average molecular weight is 434 g/mol. The normalized spacial score (nSPS) is 11.1. The van der Waals surface area contributed by atoms with Crippen LogP contribution in [-0.2, 0) is 10.5 Å². The van der Waals surface area contributed by atoms with Gasteiger partial charge in [0.15, 0.2) is 16.8 Å². The predicted molar refractivity (Wildman–Crippen MR) is 112 cm³/mol. The molecule has 4 nitrogen and oxygen atoms in total. The minimum atomic E-state index is -0.928. The van der Waals surface area contributed by atoms with Gasteiger partial charge in [-0.25, -0.2) is 18.7 Å². The fraction of sp³-hybridized carbons (Fsp3) is 0.105. The van der Waals surface area contributed by atoms with E-state index in [1.165, 1.54) is 29.2 Å². The lowest BCUT2D eigenvalue weighted by Crippen LogP contribution is -2.13. The number of amides is 1. The van der Waals surface area contributed by atoms with E-state index in [9.17, 15) is 13.6 Å². The zero-order valence-corrected chi connectivity index (χ0v) is 16.8. The number of carbonyl (C=O) groups is 1. The summed E-state index contributed by atoms with van der Waals surface area (Å²) in [5.74, 6) is -1.07. The van der Waals surface area contributed by atoms with Gasteiger partial charge in [-0.05, 0) is 30.3 Å². The summed E-state index contributed by atoms with van der Waals surface area (Å²) in [6, 6.07) is 11.5. The Morgan fingerprint density at radius 2 is 1.96 bits per heavy atom. The van der Waals surface area contributed by atoms with Crippen LogP contribution in [0.2, 0.25) is 0 Å². The van der Waals surface area contributed by atoms with Crippen LogP contribution in [0.5, 0.6) is 0 Å². The zero-order chi connectivity index (χ0) is 19.5. The lowest BCUT2D eigenvalue weighted by molar-refractivity contribution is -0.113. The summed E-state index contributed by atoms with van der Waals surface area (Å²) >= 11 is 4.34. The first-order valence-corrected chi connectivity index (χ1v) is 11.1. The molecule has 142 valence electrons. The molecule has 4 rings (SSSR count). The first-order valence-electron chi connectivity index (χ1n) is 8.21. The number of nitrogens with zero attached hydrogens (tertiary/aromatic N) is 2. The first kappa shape index (κ1) is 19.0. The molecule has 0 saturated carbocycles. The monoisotopic (exact) mass is 433 g/mol. The Morgan fingerprint density at radius 3 is 2.79 bits per heavy atom. The molecule has 0 saturated heterocycles. The maximum atomic E-state index is 13.4. The number of aromatic nitrogens is 2. The van der Waals surface area contributed by atoms with Crippen LogP contribution >= 0.6 is 34.4 Å². The third-order valence-electron chi connectivity index (χ3n) is 3.76. The fourth-order valence-corrected chi connectivity index (χ4v) is 5.07. The summed E-state index contributed by atoms with van der Waals surface area (Å²) < 4.78 is 27.5. The minimum Gasteiger partial charge on any atom is -0.301 e. The third-order valence-corrected chi connectivity index (χ3v) is 6.68. The lowest BCUT2D eigenvalue weighted by Gasteiger charge is -2.01. The third kappa shape index (κ3) is 4.37. The van der Waals surface area contributed by atoms with E-state index in [2.05, 4.69) is 15.3 Å². The van der Waals surface area contributed by atoms with Gasteiger partial charge in [-0.15, -0.1) is 34.4 Å². The van der Waals surface area contributed by atoms with Crippen LogP contribution < -0.4 is 5.32 Å². The van der Waals surface area contributed by atoms with E-state index < -0.39 is 11.6 Å². The fourth-order valence-electron chi connectivity index (χ4n) is 2.49. The molecule has 0 fully saturated rings. The highest BCUT2D eigenvalue weighted by Gasteiger charge is 2.11. The Morgan fingerprint density at radius 1 is 1.11 bits per heavy atom. The van der Waals surface area contributed by atoms with E-state index in [0.29, 0.717) is 22.1 Å². The van der Waals surface area contributed by atoms with E-state index in [1.54, 1.807) is 16.7 Å². The van der Waals surface area contributed by atoms with Gasteiger partial charge in [0.2, 0.25) is 5.91 Å². The zero-order valence-electron chi connectivity index (χ0n) is 14.3. The molecule has 0 unspecified atom stereocenters. The van der Waals surface area contributed by atoms with Crippen molar-refractivity contribution in [2.24, 2.45) is 0 Å². The van der Waals surface area contributed by atoms with Crippen molar-refractivity contribution in [1.82, 2.24) is 9.97 Å². The summed E-state index contributed by atoms with van der Waals surface area (Å²) in [6.07, 6.45) is 0. The Balaban J connectivity index is 1.31. The molecule has 0 spiro atoms. The van der Waals surface area contributed by atoms with Gasteiger partial charge < -0.3 is 5.32 Å². The number of thioether (sulfide) groups is 1. The molecule has 0 aliphatic rings. The second kappa shape index (κ2) is 8.34. The van der Waals surface area contributed by atoms with E-state index in [0.717, 1.165) is 27.4 Å². The van der Waals surface area contributed by atoms with Crippen LogP contribution in [0.3, 0.4) is 0 Å². The summed E-state index contributed by atoms with van der Waals surface area (Å²) in [5.41, 5.74) is 1.92. The second-order valence-corrected chi connectivity index (χ2v) is 8.74. The largest absolute Gasteiger partial charge is 0.301 e. The molecule has 0 aliphatic heterocycles. The molecule has 2 heterocycles. The quantitative estimate of drug-likeness (QED) is 0.432. The van der Waals surface area contributed by atoms with Gasteiger partial charge >= 0.3 is 0 Å². The number of fused-ring (bicyclic) bond motifs is 1. The van der Waals surface area contributed by atoms with Crippen molar-refractivity contribution in [1.29, 1.82) is 0 Å². The molecule has 1 amide bonds. The maximum absolute atomic E-state index is 13.4. The Kier molecular flexibility index (Phi) is 5.65. The van der Waals surface area contributed by atoms with Crippen molar-refractivity contribution in [3.63, 3.8) is 0 Å². The summed E-state index contributed by atoms with van der Waals surface area (Å²) in [4.78, 5) is 20.9. The number of benzene rings is 2. The van der Waals surface area contributed by atoms with Gasteiger partial charge in [0, 0.05) is 16.7 Å². The SMILES string of the molecule is O=C(CSCc1nc2ccccc2s1)Nc1nc(-c2ccc(F)c(F)c2)cs1. The van der Waals surface area contributed by atoms with Crippen molar-refractivity contribution in [3.8, 4) is 11.3 Å². The van der Waals surface area contributed by atoms with Crippen molar-refractivity contribution < 1.29 is 13.6 Å². The smallest absolute Gasteiger partial charge is 0.236 e. The number of hydrogen-bond donors (Lipinski definition) is 1. The van der Waals surface area contributed by atoms with Crippen LogP contribution in [0.25, 0.3) is 21.5 Å². The minimum absolute atomic E-state index is 0.169. The highest BCUT2D eigenvalue weighted by atomic mass is 32.2. The van der Waals surface area contributed by atoms with Crippen LogP contribution in [-0.4, -0.2) is 21.6 Å².